The van der Waals surface area contributed by atoms with E-state index in [1.165, 1.54) is 0 Å². The van der Waals surface area contributed by atoms with Crippen LogP contribution in [0.4, 0.5) is 5.69 Å². The lowest BCUT2D eigenvalue weighted by Gasteiger charge is -2.28. The van der Waals surface area contributed by atoms with Crippen LogP contribution in [0.3, 0.4) is 0 Å². The van der Waals surface area contributed by atoms with Gasteiger partial charge in [0.1, 0.15) is 6.54 Å². The summed E-state index contributed by atoms with van der Waals surface area (Å²) in [4.78, 5) is 15.0. The Kier molecular flexibility index (Phi) is 6.32. The van der Waals surface area contributed by atoms with Crippen molar-refractivity contribution < 1.29 is 22.7 Å². The monoisotopic (exact) mass is 452 g/mol. The molecule has 0 bridgehead atoms. The van der Waals surface area contributed by atoms with Gasteiger partial charge in [0.15, 0.2) is 11.5 Å². The van der Waals surface area contributed by atoms with Crippen molar-refractivity contribution in [2.75, 3.05) is 23.9 Å². The van der Waals surface area contributed by atoms with Crippen LogP contribution in [0.25, 0.3) is 0 Å². The predicted molar refractivity (Wildman–Crippen MR) is 122 cm³/mol. The fraction of sp³-hybridized carbons (Fsp3) is 0.208. The summed E-state index contributed by atoms with van der Waals surface area (Å²) in [6.45, 7) is 0.497. The zero-order chi connectivity index (χ0) is 22.6. The van der Waals surface area contributed by atoms with Gasteiger partial charge in [-0.15, -0.1) is 0 Å². The number of rotatable bonds is 8. The van der Waals surface area contributed by atoms with Crippen molar-refractivity contribution in [2.45, 2.75) is 13.1 Å². The number of hydrogen-bond donors (Lipinski definition) is 0. The average Bonchev–Trinajstić information content (AvgIpc) is 3.25. The van der Waals surface area contributed by atoms with Crippen LogP contribution >= 0.6 is 0 Å². The Balaban J connectivity index is 1.60. The lowest BCUT2D eigenvalue weighted by Crippen LogP contribution is -2.42. The summed E-state index contributed by atoms with van der Waals surface area (Å²) in [5, 5.41) is 0. The quantitative estimate of drug-likeness (QED) is 0.524. The highest BCUT2D eigenvalue weighted by atomic mass is 32.2. The first-order chi connectivity index (χ1) is 15.4. The molecule has 0 unspecified atom stereocenters. The number of sulfonamides is 1. The molecule has 0 spiro atoms. The number of hydrogen-bond acceptors (Lipinski definition) is 5. The molecule has 0 saturated heterocycles. The molecule has 0 saturated carbocycles. The molecular formula is C24H24N2O5S. The van der Waals surface area contributed by atoms with Crippen molar-refractivity contribution in [2.24, 2.45) is 0 Å². The summed E-state index contributed by atoms with van der Waals surface area (Å²) in [6, 6.07) is 24.1. The number of amides is 1. The minimum Gasteiger partial charge on any atom is -0.454 e. The molecule has 3 aromatic rings. The summed E-state index contributed by atoms with van der Waals surface area (Å²) < 4.78 is 37.0. The van der Waals surface area contributed by atoms with Crippen molar-refractivity contribution >= 4 is 21.6 Å². The SMILES string of the molecule is CS(=O)(=O)N(CC(=O)N(Cc1ccccc1)Cc1ccccc1)c1ccc2c(c1)OCO2. The van der Waals surface area contributed by atoms with E-state index in [0.29, 0.717) is 30.3 Å². The lowest BCUT2D eigenvalue weighted by molar-refractivity contribution is -0.130. The van der Waals surface area contributed by atoms with Gasteiger partial charge in [-0.25, -0.2) is 8.42 Å². The molecule has 32 heavy (non-hydrogen) atoms. The van der Waals surface area contributed by atoms with E-state index in [1.807, 2.05) is 60.7 Å². The van der Waals surface area contributed by atoms with Gasteiger partial charge >= 0.3 is 0 Å². The summed E-state index contributed by atoms with van der Waals surface area (Å²) in [5.41, 5.74) is 2.28. The van der Waals surface area contributed by atoms with E-state index in [2.05, 4.69) is 0 Å². The molecule has 0 aromatic heterocycles. The van der Waals surface area contributed by atoms with Gasteiger partial charge in [0.2, 0.25) is 22.7 Å². The topological polar surface area (TPSA) is 76.2 Å². The van der Waals surface area contributed by atoms with Gasteiger partial charge in [-0.1, -0.05) is 60.7 Å². The maximum atomic E-state index is 13.4. The van der Waals surface area contributed by atoms with E-state index in [0.717, 1.165) is 21.7 Å². The Hall–Kier alpha value is -3.52. The van der Waals surface area contributed by atoms with Gasteiger partial charge in [-0.2, -0.15) is 0 Å². The molecule has 1 heterocycles. The summed E-state index contributed by atoms with van der Waals surface area (Å²) in [7, 11) is -3.72. The second-order valence-electron chi connectivity index (χ2n) is 7.53. The molecule has 0 N–H and O–H groups in total. The fourth-order valence-electron chi connectivity index (χ4n) is 3.50. The first kappa shape index (κ1) is 21.7. The van der Waals surface area contributed by atoms with Gasteiger partial charge in [0, 0.05) is 19.2 Å². The van der Waals surface area contributed by atoms with Gasteiger partial charge in [-0.3, -0.25) is 9.10 Å². The van der Waals surface area contributed by atoms with E-state index in [-0.39, 0.29) is 19.2 Å². The Bertz CT molecular complexity index is 1140. The number of carbonyl (C=O) groups excluding carboxylic acids is 1. The van der Waals surface area contributed by atoms with Crippen LogP contribution in [0, 0.1) is 0 Å². The van der Waals surface area contributed by atoms with E-state index >= 15 is 0 Å². The minimum atomic E-state index is -3.72. The molecular weight excluding hydrogens is 428 g/mol. The van der Waals surface area contributed by atoms with Crippen LogP contribution in [0.15, 0.2) is 78.9 Å². The van der Waals surface area contributed by atoms with Gasteiger partial charge in [0.05, 0.1) is 11.9 Å². The molecule has 3 aromatic carbocycles. The van der Waals surface area contributed by atoms with Crippen molar-refractivity contribution in [3.8, 4) is 11.5 Å². The van der Waals surface area contributed by atoms with Crippen molar-refractivity contribution in [1.82, 2.24) is 4.90 Å². The average molecular weight is 453 g/mol. The highest BCUT2D eigenvalue weighted by Gasteiger charge is 2.26. The Morgan fingerprint density at radius 3 is 1.97 bits per heavy atom. The Morgan fingerprint density at radius 1 is 0.844 bits per heavy atom. The van der Waals surface area contributed by atoms with Crippen LogP contribution < -0.4 is 13.8 Å². The largest absolute Gasteiger partial charge is 0.454 e. The normalized spacial score (nSPS) is 12.4. The van der Waals surface area contributed by atoms with Crippen LogP contribution in [-0.2, 0) is 27.9 Å². The highest BCUT2D eigenvalue weighted by Crippen LogP contribution is 2.36. The standard InChI is InChI=1S/C24H24N2O5S/c1-32(28,29)26(21-12-13-22-23(14-21)31-18-30-22)17-24(27)25(15-19-8-4-2-5-9-19)16-20-10-6-3-7-11-20/h2-14H,15-18H2,1H3. The molecule has 0 atom stereocenters. The van der Waals surface area contributed by atoms with Crippen LogP contribution in [0.1, 0.15) is 11.1 Å². The molecule has 1 amide bonds. The first-order valence-corrected chi connectivity index (χ1v) is 12.0. The minimum absolute atomic E-state index is 0.0819. The molecule has 4 rings (SSSR count). The van der Waals surface area contributed by atoms with Crippen molar-refractivity contribution in [1.29, 1.82) is 0 Å². The molecule has 1 aliphatic rings. The maximum absolute atomic E-state index is 13.4. The molecule has 0 radical (unpaired) electrons. The fourth-order valence-corrected chi connectivity index (χ4v) is 4.34. The molecule has 8 heteroatoms. The van der Waals surface area contributed by atoms with Crippen LogP contribution in [-0.4, -0.2) is 38.8 Å². The smallest absolute Gasteiger partial charge is 0.243 e. The predicted octanol–water partition coefficient (Wildman–Crippen LogP) is 3.41. The number of fused-ring (bicyclic) bond motifs is 1. The second-order valence-corrected chi connectivity index (χ2v) is 9.44. The molecule has 0 fully saturated rings. The third-order valence-corrected chi connectivity index (χ3v) is 6.25. The summed E-state index contributed by atoms with van der Waals surface area (Å²) in [6.07, 6.45) is 1.09. The van der Waals surface area contributed by atoms with Gasteiger partial charge in [-0.05, 0) is 23.3 Å². The van der Waals surface area contributed by atoms with E-state index < -0.39 is 10.0 Å². The van der Waals surface area contributed by atoms with Crippen LogP contribution in [0.2, 0.25) is 0 Å². The number of ether oxygens (including phenoxy) is 2. The number of carbonyl (C=O) groups is 1. The number of nitrogens with zero attached hydrogens (tertiary/aromatic N) is 2. The second kappa shape index (κ2) is 9.32. The first-order valence-electron chi connectivity index (χ1n) is 10.1. The Morgan fingerprint density at radius 2 is 1.41 bits per heavy atom. The lowest BCUT2D eigenvalue weighted by atomic mass is 10.1. The van der Waals surface area contributed by atoms with Crippen LogP contribution in [0.5, 0.6) is 11.5 Å². The number of anilines is 1. The van der Waals surface area contributed by atoms with E-state index in [1.54, 1.807) is 23.1 Å². The maximum Gasteiger partial charge on any atom is 0.243 e. The van der Waals surface area contributed by atoms with E-state index in [9.17, 15) is 13.2 Å². The molecule has 1 aliphatic heterocycles. The summed E-state index contributed by atoms with van der Waals surface area (Å²) >= 11 is 0. The van der Waals surface area contributed by atoms with Gasteiger partial charge in [0.25, 0.3) is 0 Å². The molecule has 166 valence electrons. The Labute approximate surface area is 187 Å². The third kappa shape index (κ3) is 5.20. The molecule has 0 aliphatic carbocycles. The van der Waals surface area contributed by atoms with E-state index in [4.69, 9.17) is 9.47 Å². The van der Waals surface area contributed by atoms with Crippen molar-refractivity contribution in [3.63, 3.8) is 0 Å². The van der Waals surface area contributed by atoms with Crippen molar-refractivity contribution in [3.05, 3.63) is 90.0 Å². The summed E-state index contributed by atoms with van der Waals surface area (Å²) in [5.74, 6) is 0.693. The van der Waals surface area contributed by atoms with Gasteiger partial charge < -0.3 is 14.4 Å². The zero-order valence-electron chi connectivity index (χ0n) is 17.7. The third-order valence-electron chi connectivity index (χ3n) is 5.11. The molecule has 7 nitrogen and oxygen atoms in total. The zero-order valence-corrected chi connectivity index (χ0v) is 18.5. The number of benzene rings is 3. The highest BCUT2D eigenvalue weighted by molar-refractivity contribution is 7.92.